The molecule has 1 saturated heterocycles. The molecule has 9 heteroatoms. The van der Waals surface area contributed by atoms with Gasteiger partial charge in [-0.3, -0.25) is 4.79 Å². The van der Waals surface area contributed by atoms with E-state index < -0.39 is 0 Å². The molecule has 2 aromatic heterocycles. The number of para-hydroxylation sites is 2. The Balaban J connectivity index is 0.00000172. The van der Waals surface area contributed by atoms with E-state index in [9.17, 15) is 4.79 Å². The van der Waals surface area contributed by atoms with Gasteiger partial charge in [0.15, 0.2) is 11.5 Å². The summed E-state index contributed by atoms with van der Waals surface area (Å²) in [4.78, 5) is 26.5. The monoisotopic (exact) mass is 525 g/mol. The van der Waals surface area contributed by atoms with Gasteiger partial charge in [0, 0.05) is 37.4 Å². The van der Waals surface area contributed by atoms with Gasteiger partial charge < -0.3 is 19.9 Å². The first-order valence-corrected chi connectivity index (χ1v) is 13.1. The topological polar surface area (TPSA) is 87.9 Å². The predicted molar refractivity (Wildman–Crippen MR) is 156 cm³/mol. The first kappa shape index (κ1) is 27.4. The molecule has 3 heterocycles. The second kappa shape index (κ2) is 12.3. The van der Waals surface area contributed by atoms with Crippen molar-refractivity contribution in [1.29, 1.82) is 0 Å². The molecule has 4 aromatic rings. The van der Waals surface area contributed by atoms with Gasteiger partial charge in [-0.1, -0.05) is 45.2 Å². The van der Waals surface area contributed by atoms with E-state index in [2.05, 4.69) is 33.5 Å². The number of anilines is 2. The zero-order valence-electron chi connectivity index (χ0n) is 23.0. The molecule has 0 radical (unpaired) electrons. The lowest BCUT2D eigenvalue weighted by atomic mass is 10.1. The number of benzene rings is 2. The van der Waals surface area contributed by atoms with Crippen LogP contribution in [0.15, 0.2) is 85.3 Å². The number of nitrogens with zero attached hydrogens (tertiary/aromatic N) is 6. The van der Waals surface area contributed by atoms with E-state index in [4.69, 9.17) is 9.72 Å². The lowest BCUT2D eigenvalue weighted by Crippen LogP contribution is -2.48. The second-order valence-electron chi connectivity index (χ2n) is 8.74. The molecule has 5 rings (SSSR count). The summed E-state index contributed by atoms with van der Waals surface area (Å²) in [6.07, 6.45) is 3.60. The smallest absolute Gasteiger partial charge is 0.253 e. The van der Waals surface area contributed by atoms with Crippen LogP contribution >= 0.6 is 0 Å². The highest BCUT2D eigenvalue weighted by Crippen LogP contribution is 2.24. The van der Waals surface area contributed by atoms with Crippen molar-refractivity contribution in [2.45, 2.75) is 20.8 Å². The number of aryl methyl sites for hydroxylation is 1. The Kier molecular flexibility index (Phi) is 8.60. The van der Waals surface area contributed by atoms with Crippen molar-refractivity contribution < 1.29 is 9.53 Å². The molecule has 0 aliphatic carbocycles. The van der Waals surface area contributed by atoms with Gasteiger partial charge in [-0.05, 0) is 49.4 Å². The van der Waals surface area contributed by atoms with Gasteiger partial charge in [0.1, 0.15) is 11.6 Å². The number of hydrogen-bond acceptors (Lipinski definition) is 7. The van der Waals surface area contributed by atoms with Crippen molar-refractivity contribution in [2.24, 2.45) is 0 Å². The summed E-state index contributed by atoms with van der Waals surface area (Å²) in [6.45, 7) is 16.2. The van der Waals surface area contributed by atoms with Gasteiger partial charge in [-0.15, -0.1) is 0 Å². The molecule has 2 aromatic carbocycles. The van der Waals surface area contributed by atoms with Gasteiger partial charge in [0.2, 0.25) is 0 Å². The fourth-order valence-electron chi connectivity index (χ4n) is 4.49. The Morgan fingerprint density at radius 3 is 2.33 bits per heavy atom. The largest absolute Gasteiger partial charge is 0.495 e. The number of rotatable bonds is 7. The summed E-state index contributed by atoms with van der Waals surface area (Å²) in [5.41, 5.74) is 4.69. The fraction of sp³-hybridized carbons (Fsp3) is 0.267. The number of fused-ring (bicyclic) bond motifs is 3. The molecule has 1 fully saturated rings. The Hall–Kier alpha value is -4.66. The van der Waals surface area contributed by atoms with Crippen LogP contribution < -0.4 is 5.32 Å². The Morgan fingerprint density at radius 2 is 1.67 bits per heavy atom. The number of nitrogens with one attached hydrogen (secondary N) is 1. The minimum Gasteiger partial charge on any atom is -0.495 e. The molecule has 1 aliphatic heterocycles. The minimum absolute atomic E-state index is 0.00493. The number of methoxy groups -OCH3 is 1. The van der Waals surface area contributed by atoms with E-state index >= 15 is 0 Å². The second-order valence-corrected chi connectivity index (χ2v) is 8.74. The maximum absolute atomic E-state index is 13.2. The summed E-state index contributed by atoms with van der Waals surface area (Å²) < 4.78 is 7.11. The standard InChI is InChI=1S/C28H29N7O2.C2H6/c1-5-8-24(19(2)37-4)33-15-17-34(18-16-33)28(36)21-11-13-22(14-12-21)30-26-27-29-20(3)32-35(27)25-10-7-6-9-23(25)31-26;1-2/h5-14H,1-2,15-18H2,3-4H3,(H,30,31);1-2H3/b24-8+;. The van der Waals surface area contributed by atoms with Crippen LogP contribution in [0.5, 0.6) is 0 Å². The number of piperazine rings is 1. The molecule has 0 atom stereocenters. The summed E-state index contributed by atoms with van der Waals surface area (Å²) in [5.74, 6) is 1.86. The number of amides is 1. The van der Waals surface area contributed by atoms with Crippen LogP contribution in [0.3, 0.4) is 0 Å². The Labute approximate surface area is 229 Å². The van der Waals surface area contributed by atoms with Gasteiger partial charge in [-0.2, -0.15) is 5.10 Å². The minimum atomic E-state index is 0.00493. The van der Waals surface area contributed by atoms with Crippen LogP contribution in [0, 0.1) is 6.92 Å². The molecule has 0 bridgehead atoms. The summed E-state index contributed by atoms with van der Waals surface area (Å²) >= 11 is 0. The van der Waals surface area contributed by atoms with Gasteiger partial charge in [0.25, 0.3) is 5.91 Å². The average molecular weight is 526 g/mol. The van der Waals surface area contributed by atoms with Gasteiger partial charge in [-0.25, -0.2) is 14.5 Å². The molecule has 9 nitrogen and oxygen atoms in total. The average Bonchev–Trinajstić information content (AvgIpc) is 3.39. The molecule has 0 spiro atoms. The van der Waals surface area contributed by atoms with E-state index in [0.717, 1.165) is 22.4 Å². The van der Waals surface area contributed by atoms with Crippen molar-refractivity contribution in [3.63, 3.8) is 0 Å². The van der Waals surface area contributed by atoms with E-state index in [1.807, 2.05) is 80.3 Å². The molecular formula is C30H35N7O2. The van der Waals surface area contributed by atoms with Crippen molar-refractivity contribution in [2.75, 3.05) is 38.6 Å². The molecule has 202 valence electrons. The van der Waals surface area contributed by atoms with Crippen LogP contribution in [0.4, 0.5) is 11.5 Å². The highest BCUT2D eigenvalue weighted by Gasteiger charge is 2.24. The maximum Gasteiger partial charge on any atom is 0.253 e. The number of aromatic nitrogens is 4. The molecule has 1 aliphatic rings. The van der Waals surface area contributed by atoms with Crippen LogP contribution in [0.2, 0.25) is 0 Å². The third-order valence-electron chi connectivity index (χ3n) is 6.38. The molecule has 39 heavy (non-hydrogen) atoms. The molecule has 0 saturated carbocycles. The Morgan fingerprint density at radius 1 is 1.00 bits per heavy atom. The third kappa shape index (κ3) is 5.77. The van der Waals surface area contributed by atoms with Gasteiger partial charge >= 0.3 is 0 Å². The summed E-state index contributed by atoms with van der Waals surface area (Å²) in [5, 5.41) is 7.87. The van der Waals surface area contributed by atoms with E-state index in [1.165, 1.54) is 0 Å². The Bertz CT molecular complexity index is 1510. The van der Waals surface area contributed by atoms with Crippen LogP contribution in [-0.2, 0) is 4.74 Å². The number of ether oxygens (including phenoxy) is 1. The zero-order valence-corrected chi connectivity index (χ0v) is 23.0. The summed E-state index contributed by atoms with van der Waals surface area (Å²) in [7, 11) is 1.60. The predicted octanol–water partition coefficient (Wildman–Crippen LogP) is 5.34. The highest BCUT2D eigenvalue weighted by atomic mass is 16.5. The zero-order chi connectivity index (χ0) is 27.9. The maximum atomic E-state index is 13.2. The normalized spacial score (nSPS) is 13.6. The lowest BCUT2D eigenvalue weighted by Gasteiger charge is -2.37. The van der Waals surface area contributed by atoms with Crippen molar-refractivity contribution in [1.82, 2.24) is 29.4 Å². The van der Waals surface area contributed by atoms with Gasteiger partial charge in [0.05, 0.1) is 23.8 Å². The van der Waals surface area contributed by atoms with E-state index in [1.54, 1.807) is 17.7 Å². The van der Waals surface area contributed by atoms with Crippen LogP contribution in [0.25, 0.3) is 16.7 Å². The van der Waals surface area contributed by atoms with Crippen molar-refractivity contribution >= 4 is 34.1 Å². The lowest BCUT2D eigenvalue weighted by molar-refractivity contribution is 0.0665. The molecule has 1 N–H and O–H groups in total. The van der Waals surface area contributed by atoms with Crippen LogP contribution in [-0.4, -0.2) is 68.6 Å². The fourth-order valence-corrected chi connectivity index (χ4v) is 4.49. The number of allylic oxidation sites excluding steroid dienone is 2. The highest BCUT2D eigenvalue weighted by molar-refractivity contribution is 5.95. The quantitative estimate of drug-likeness (QED) is 0.257. The molecule has 1 amide bonds. The van der Waals surface area contributed by atoms with Crippen molar-refractivity contribution in [3.05, 3.63) is 96.7 Å². The number of carbonyl (C=O) groups is 1. The SMILES string of the molecule is C=C/C=C(\C(=C)OC)N1CCN(C(=O)c2ccc(Nc3nc4ccccc4n4nc(C)nc34)cc2)CC1.CC. The third-order valence-corrected chi connectivity index (χ3v) is 6.38. The number of hydrogen-bond donors (Lipinski definition) is 1. The number of carbonyl (C=O) groups excluding carboxylic acids is 1. The molecular weight excluding hydrogens is 490 g/mol. The van der Waals surface area contributed by atoms with Crippen molar-refractivity contribution in [3.8, 4) is 0 Å². The first-order valence-electron chi connectivity index (χ1n) is 13.1. The molecule has 0 unspecified atom stereocenters. The summed E-state index contributed by atoms with van der Waals surface area (Å²) in [6, 6.07) is 15.2. The first-order chi connectivity index (χ1) is 19.0. The van der Waals surface area contributed by atoms with E-state index in [-0.39, 0.29) is 5.91 Å². The van der Waals surface area contributed by atoms with Crippen LogP contribution in [0.1, 0.15) is 30.0 Å². The van der Waals surface area contributed by atoms with E-state index in [0.29, 0.717) is 54.8 Å².